The van der Waals surface area contributed by atoms with Gasteiger partial charge in [-0.3, -0.25) is 10.2 Å². The topological polar surface area (TPSA) is 94.6 Å². The molecular weight excluding hydrogens is 236 g/mol. The number of aromatic nitrogens is 1. The van der Waals surface area contributed by atoms with Gasteiger partial charge in [0.2, 0.25) is 5.91 Å². The monoisotopic (exact) mass is 250 g/mol. The molecule has 0 unspecified atom stereocenters. The molecule has 1 fully saturated rings. The van der Waals surface area contributed by atoms with Gasteiger partial charge in [0.05, 0.1) is 11.9 Å². The number of nitrogens with zero attached hydrogens (tertiary/aromatic N) is 2. The van der Waals surface area contributed by atoms with Crippen LogP contribution >= 0.6 is 0 Å². The van der Waals surface area contributed by atoms with Crippen molar-refractivity contribution >= 4 is 23.5 Å². The molecule has 0 radical (unpaired) electrons. The first-order valence-electron chi connectivity index (χ1n) is 5.56. The Hall–Kier alpha value is -2.31. The Bertz CT molecular complexity index is 456. The van der Waals surface area contributed by atoms with E-state index < -0.39 is 6.09 Å². The molecule has 18 heavy (non-hydrogen) atoms. The van der Waals surface area contributed by atoms with Crippen molar-refractivity contribution in [1.82, 2.24) is 10.4 Å². The van der Waals surface area contributed by atoms with Crippen molar-refractivity contribution in [2.45, 2.75) is 12.8 Å². The van der Waals surface area contributed by atoms with Crippen LogP contribution in [0.5, 0.6) is 0 Å². The van der Waals surface area contributed by atoms with Crippen LogP contribution in [0.2, 0.25) is 0 Å². The minimum atomic E-state index is -1.19. The van der Waals surface area contributed by atoms with Gasteiger partial charge in [0, 0.05) is 13.0 Å². The van der Waals surface area contributed by atoms with Crippen LogP contribution in [-0.4, -0.2) is 29.1 Å². The van der Waals surface area contributed by atoms with E-state index >= 15 is 0 Å². The Balaban J connectivity index is 1.97. The molecule has 7 heteroatoms. The van der Waals surface area contributed by atoms with Crippen molar-refractivity contribution in [2.24, 2.45) is 5.92 Å². The van der Waals surface area contributed by atoms with Crippen molar-refractivity contribution in [3.05, 3.63) is 18.3 Å². The third kappa shape index (κ3) is 2.88. The van der Waals surface area contributed by atoms with Crippen LogP contribution in [-0.2, 0) is 4.79 Å². The van der Waals surface area contributed by atoms with Crippen molar-refractivity contribution in [1.29, 1.82) is 0 Å². The molecule has 0 bridgehead atoms. The number of hydrazine groups is 1. The number of carbonyl (C=O) groups is 2. The highest BCUT2D eigenvalue weighted by Gasteiger charge is 2.32. The van der Waals surface area contributed by atoms with E-state index in [1.165, 1.54) is 6.20 Å². The van der Waals surface area contributed by atoms with Gasteiger partial charge in [-0.2, -0.15) is 0 Å². The summed E-state index contributed by atoms with van der Waals surface area (Å²) in [4.78, 5) is 27.6. The van der Waals surface area contributed by atoms with Gasteiger partial charge in [-0.05, 0) is 25.0 Å². The van der Waals surface area contributed by atoms with Crippen LogP contribution in [0.3, 0.4) is 0 Å². The summed E-state index contributed by atoms with van der Waals surface area (Å²) in [6.45, 7) is 0. The van der Waals surface area contributed by atoms with Crippen molar-refractivity contribution in [3.63, 3.8) is 0 Å². The van der Waals surface area contributed by atoms with E-state index in [2.05, 4.69) is 10.4 Å². The Morgan fingerprint density at radius 1 is 1.44 bits per heavy atom. The summed E-state index contributed by atoms with van der Waals surface area (Å²) < 4.78 is 0. The zero-order valence-corrected chi connectivity index (χ0v) is 9.88. The lowest BCUT2D eigenvalue weighted by Gasteiger charge is -2.16. The molecule has 1 heterocycles. The molecule has 0 atom stereocenters. The van der Waals surface area contributed by atoms with E-state index in [4.69, 9.17) is 5.11 Å². The largest absolute Gasteiger partial charge is 0.464 e. The van der Waals surface area contributed by atoms with Crippen LogP contribution in [0.15, 0.2) is 18.3 Å². The number of rotatable bonds is 4. The van der Waals surface area contributed by atoms with Gasteiger partial charge in [0.25, 0.3) is 0 Å². The third-order valence-corrected chi connectivity index (χ3v) is 2.69. The van der Waals surface area contributed by atoms with Crippen LogP contribution in [0.4, 0.5) is 16.3 Å². The highest BCUT2D eigenvalue weighted by Crippen LogP contribution is 2.32. The zero-order chi connectivity index (χ0) is 13.1. The lowest BCUT2D eigenvalue weighted by atomic mass is 10.3. The fraction of sp³-hybridized carbons (Fsp3) is 0.364. The normalized spacial score (nSPS) is 13.8. The van der Waals surface area contributed by atoms with Crippen LogP contribution < -0.4 is 15.8 Å². The number of pyridine rings is 1. The first-order valence-corrected chi connectivity index (χ1v) is 5.56. The molecule has 0 aromatic carbocycles. The molecule has 2 rings (SSSR count). The Labute approximate surface area is 104 Å². The molecule has 3 N–H and O–H groups in total. The molecule has 7 nitrogen and oxygen atoms in total. The molecule has 96 valence electrons. The molecule has 1 aromatic heterocycles. The summed E-state index contributed by atoms with van der Waals surface area (Å²) in [5.41, 5.74) is 5.08. The molecule has 0 aliphatic heterocycles. The molecule has 1 aliphatic rings. The smallest absolute Gasteiger partial charge is 0.423 e. The Morgan fingerprint density at radius 2 is 2.17 bits per heavy atom. The number of hydrogen-bond acceptors (Lipinski definition) is 4. The van der Waals surface area contributed by atoms with Crippen LogP contribution in [0.1, 0.15) is 12.8 Å². The molecule has 1 aromatic rings. The summed E-state index contributed by atoms with van der Waals surface area (Å²) in [7, 11) is 1.71. The summed E-state index contributed by atoms with van der Waals surface area (Å²) in [5.74, 6) is 0.621. The first kappa shape index (κ1) is 12.2. The SMILES string of the molecule is CN(C(=O)C1CC1)c1ccc(NNC(=O)O)nc1. The fourth-order valence-electron chi connectivity index (χ4n) is 1.51. The van der Waals surface area contributed by atoms with Gasteiger partial charge in [0.15, 0.2) is 0 Å². The molecule has 1 saturated carbocycles. The lowest BCUT2D eigenvalue weighted by Crippen LogP contribution is -2.29. The highest BCUT2D eigenvalue weighted by atomic mass is 16.4. The average molecular weight is 250 g/mol. The number of amides is 2. The van der Waals surface area contributed by atoms with Crippen LogP contribution in [0, 0.1) is 5.92 Å². The lowest BCUT2D eigenvalue weighted by molar-refractivity contribution is -0.119. The summed E-state index contributed by atoms with van der Waals surface area (Å²) in [5, 5.41) is 8.40. The second-order valence-corrected chi connectivity index (χ2v) is 4.13. The number of carboxylic acid groups (broad SMARTS) is 1. The Kier molecular flexibility index (Phi) is 3.31. The van der Waals surface area contributed by atoms with E-state index in [0.717, 1.165) is 12.8 Å². The second kappa shape index (κ2) is 4.91. The van der Waals surface area contributed by atoms with E-state index in [-0.39, 0.29) is 11.8 Å². The van der Waals surface area contributed by atoms with Gasteiger partial charge >= 0.3 is 6.09 Å². The predicted octanol–water partition coefficient (Wildman–Crippen LogP) is 1.05. The zero-order valence-electron chi connectivity index (χ0n) is 9.88. The maximum atomic E-state index is 11.8. The maximum Gasteiger partial charge on any atom is 0.423 e. The van der Waals surface area contributed by atoms with Gasteiger partial charge in [0.1, 0.15) is 5.82 Å². The average Bonchev–Trinajstić information content (AvgIpc) is 3.19. The molecular formula is C11H14N4O3. The molecule has 1 aliphatic carbocycles. The Morgan fingerprint density at radius 3 is 2.67 bits per heavy atom. The highest BCUT2D eigenvalue weighted by molar-refractivity contribution is 5.95. The summed E-state index contributed by atoms with van der Waals surface area (Å²) in [6, 6.07) is 3.31. The quantitative estimate of drug-likeness (QED) is 0.694. The van der Waals surface area contributed by atoms with Crippen LogP contribution in [0.25, 0.3) is 0 Å². The minimum Gasteiger partial charge on any atom is -0.464 e. The minimum absolute atomic E-state index is 0.0983. The number of anilines is 2. The number of carbonyl (C=O) groups excluding carboxylic acids is 1. The van der Waals surface area contributed by atoms with Gasteiger partial charge in [-0.15, -0.1) is 0 Å². The number of hydrogen-bond donors (Lipinski definition) is 3. The summed E-state index contributed by atoms with van der Waals surface area (Å²) >= 11 is 0. The van der Waals surface area contributed by atoms with E-state index in [0.29, 0.717) is 11.5 Å². The van der Waals surface area contributed by atoms with Gasteiger partial charge < -0.3 is 10.0 Å². The van der Waals surface area contributed by atoms with Crippen molar-refractivity contribution < 1.29 is 14.7 Å². The van der Waals surface area contributed by atoms with E-state index in [1.54, 1.807) is 24.1 Å². The first-order chi connectivity index (χ1) is 8.58. The molecule has 0 saturated heterocycles. The van der Waals surface area contributed by atoms with Crippen molar-refractivity contribution in [3.8, 4) is 0 Å². The molecule has 2 amide bonds. The van der Waals surface area contributed by atoms with E-state index in [1.807, 2.05) is 5.43 Å². The fourth-order valence-corrected chi connectivity index (χ4v) is 1.51. The van der Waals surface area contributed by atoms with E-state index in [9.17, 15) is 9.59 Å². The predicted molar refractivity (Wildman–Crippen MR) is 65.2 cm³/mol. The molecule has 0 spiro atoms. The third-order valence-electron chi connectivity index (χ3n) is 2.69. The summed E-state index contributed by atoms with van der Waals surface area (Å²) in [6.07, 6.45) is 2.24. The van der Waals surface area contributed by atoms with Gasteiger partial charge in [-0.1, -0.05) is 0 Å². The second-order valence-electron chi connectivity index (χ2n) is 4.13. The standard InChI is InChI=1S/C11H14N4O3/c1-15(10(16)7-2-3-7)8-4-5-9(12-6-8)13-14-11(17)18/h4-7,14H,2-3H2,1H3,(H,12,13)(H,17,18). The number of nitrogens with one attached hydrogen (secondary N) is 2. The van der Waals surface area contributed by atoms with Crippen molar-refractivity contribution in [2.75, 3.05) is 17.4 Å². The van der Waals surface area contributed by atoms with Gasteiger partial charge in [-0.25, -0.2) is 15.2 Å². The maximum absolute atomic E-state index is 11.8.